The molecule has 0 saturated heterocycles. The minimum atomic E-state index is -0.597. The van der Waals surface area contributed by atoms with Crippen molar-refractivity contribution < 1.29 is 9.59 Å². The first-order chi connectivity index (χ1) is 10.6. The van der Waals surface area contributed by atoms with Crippen molar-refractivity contribution in [1.29, 1.82) is 0 Å². The van der Waals surface area contributed by atoms with Gasteiger partial charge in [0.1, 0.15) is 0 Å². The van der Waals surface area contributed by atoms with Gasteiger partial charge in [0, 0.05) is 18.0 Å². The number of nitrogens with one attached hydrogen (secondary N) is 1. The van der Waals surface area contributed by atoms with Gasteiger partial charge in [0.25, 0.3) is 11.8 Å². The molecule has 0 unspecified atom stereocenters. The standard InChI is InChI=1S/C16H12N4O2/c17-15(21)11-3-1-2-4-12(11)20-16(22)10-5-6-13-14(9-10)19-8-7-18-13/h1-9H,(H2,17,21)(H,20,22). The number of rotatable bonds is 3. The third kappa shape index (κ3) is 2.62. The quantitative estimate of drug-likeness (QED) is 0.771. The molecule has 22 heavy (non-hydrogen) atoms. The average Bonchev–Trinajstić information content (AvgIpc) is 2.54. The second-order valence-electron chi connectivity index (χ2n) is 4.62. The Hall–Kier alpha value is -3.28. The van der Waals surface area contributed by atoms with Gasteiger partial charge < -0.3 is 11.1 Å². The SMILES string of the molecule is NC(=O)c1ccccc1NC(=O)c1ccc2nccnc2c1. The molecule has 0 bridgehead atoms. The molecule has 0 aliphatic carbocycles. The van der Waals surface area contributed by atoms with Crippen LogP contribution in [0.25, 0.3) is 11.0 Å². The molecule has 0 radical (unpaired) electrons. The van der Waals surface area contributed by atoms with Gasteiger partial charge in [-0.05, 0) is 30.3 Å². The van der Waals surface area contributed by atoms with E-state index in [0.717, 1.165) is 0 Å². The summed E-state index contributed by atoms with van der Waals surface area (Å²) in [4.78, 5) is 32.0. The first-order valence-electron chi connectivity index (χ1n) is 6.56. The Labute approximate surface area is 126 Å². The molecular weight excluding hydrogens is 280 g/mol. The van der Waals surface area contributed by atoms with Gasteiger partial charge in [-0.1, -0.05) is 12.1 Å². The van der Waals surface area contributed by atoms with Crippen molar-refractivity contribution in [2.24, 2.45) is 5.73 Å². The molecule has 108 valence electrons. The maximum atomic E-state index is 12.3. The zero-order valence-corrected chi connectivity index (χ0v) is 11.5. The minimum absolute atomic E-state index is 0.261. The molecule has 3 aromatic rings. The van der Waals surface area contributed by atoms with E-state index in [1.807, 2.05) is 0 Å². The summed E-state index contributed by atoms with van der Waals surface area (Å²) in [7, 11) is 0. The highest BCUT2D eigenvalue weighted by molar-refractivity contribution is 6.09. The number of hydrogen-bond acceptors (Lipinski definition) is 4. The lowest BCUT2D eigenvalue weighted by molar-refractivity contribution is 0.100. The van der Waals surface area contributed by atoms with E-state index in [0.29, 0.717) is 22.3 Å². The number of amides is 2. The first kappa shape index (κ1) is 13.7. The highest BCUT2D eigenvalue weighted by atomic mass is 16.2. The fourth-order valence-corrected chi connectivity index (χ4v) is 2.11. The molecule has 1 heterocycles. The predicted octanol–water partition coefficient (Wildman–Crippen LogP) is 1.98. The summed E-state index contributed by atoms with van der Waals surface area (Å²) in [5.74, 6) is -0.943. The monoisotopic (exact) mass is 292 g/mol. The van der Waals surface area contributed by atoms with E-state index < -0.39 is 5.91 Å². The van der Waals surface area contributed by atoms with Crippen LogP contribution in [0.2, 0.25) is 0 Å². The Balaban J connectivity index is 1.92. The Morgan fingerprint density at radius 3 is 2.45 bits per heavy atom. The van der Waals surface area contributed by atoms with Gasteiger partial charge in [-0.15, -0.1) is 0 Å². The van der Waals surface area contributed by atoms with E-state index in [1.165, 1.54) is 0 Å². The zero-order valence-electron chi connectivity index (χ0n) is 11.5. The lowest BCUT2D eigenvalue weighted by Crippen LogP contribution is -2.18. The third-order valence-electron chi connectivity index (χ3n) is 3.17. The van der Waals surface area contributed by atoms with Crippen LogP contribution >= 0.6 is 0 Å². The zero-order chi connectivity index (χ0) is 15.5. The second kappa shape index (κ2) is 5.61. The lowest BCUT2D eigenvalue weighted by atomic mass is 10.1. The smallest absolute Gasteiger partial charge is 0.255 e. The van der Waals surface area contributed by atoms with Crippen molar-refractivity contribution >= 4 is 28.5 Å². The number of nitrogens with two attached hydrogens (primary N) is 1. The fourth-order valence-electron chi connectivity index (χ4n) is 2.11. The average molecular weight is 292 g/mol. The second-order valence-corrected chi connectivity index (χ2v) is 4.62. The summed E-state index contributed by atoms with van der Waals surface area (Å²) in [6.07, 6.45) is 3.15. The van der Waals surface area contributed by atoms with Gasteiger partial charge in [-0.3, -0.25) is 19.6 Å². The van der Waals surface area contributed by atoms with Crippen molar-refractivity contribution in [3.8, 4) is 0 Å². The molecule has 0 fully saturated rings. The first-order valence-corrected chi connectivity index (χ1v) is 6.56. The van der Waals surface area contributed by atoms with Gasteiger partial charge in [-0.25, -0.2) is 0 Å². The Morgan fingerprint density at radius 2 is 1.68 bits per heavy atom. The molecule has 3 N–H and O–H groups in total. The molecule has 2 amide bonds. The Kier molecular flexibility index (Phi) is 3.49. The van der Waals surface area contributed by atoms with Crippen molar-refractivity contribution in [2.45, 2.75) is 0 Å². The van der Waals surface area contributed by atoms with Gasteiger partial charge in [0.15, 0.2) is 0 Å². The van der Waals surface area contributed by atoms with Crippen molar-refractivity contribution in [3.63, 3.8) is 0 Å². The van der Waals surface area contributed by atoms with Gasteiger partial charge in [-0.2, -0.15) is 0 Å². The summed E-state index contributed by atoms with van der Waals surface area (Å²) < 4.78 is 0. The van der Waals surface area contributed by atoms with Gasteiger partial charge in [0.2, 0.25) is 0 Å². The number of fused-ring (bicyclic) bond motifs is 1. The van der Waals surface area contributed by atoms with Gasteiger partial charge >= 0.3 is 0 Å². The largest absolute Gasteiger partial charge is 0.366 e. The Morgan fingerprint density at radius 1 is 0.955 bits per heavy atom. The molecule has 6 heteroatoms. The van der Waals surface area contributed by atoms with E-state index in [9.17, 15) is 9.59 Å². The lowest BCUT2D eigenvalue weighted by Gasteiger charge is -2.09. The maximum absolute atomic E-state index is 12.3. The molecule has 1 aromatic heterocycles. The number of hydrogen-bond donors (Lipinski definition) is 2. The van der Waals surface area contributed by atoms with E-state index in [1.54, 1.807) is 54.9 Å². The van der Waals surface area contributed by atoms with Crippen LogP contribution in [0, 0.1) is 0 Å². The number of para-hydroxylation sites is 1. The summed E-state index contributed by atoms with van der Waals surface area (Å²) in [5.41, 5.74) is 7.68. The van der Waals surface area contributed by atoms with Crippen LogP contribution in [0.1, 0.15) is 20.7 Å². The molecule has 3 rings (SSSR count). The molecule has 0 saturated carbocycles. The van der Waals surface area contributed by atoms with Crippen LogP contribution in [0.3, 0.4) is 0 Å². The number of benzene rings is 2. The number of aromatic nitrogens is 2. The maximum Gasteiger partial charge on any atom is 0.255 e. The fraction of sp³-hybridized carbons (Fsp3) is 0. The number of primary amides is 1. The molecular formula is C16H12N4O2. The summed E-state index contributed by atoms with van der Waals surface area (Å²) in [5, 5.41) is 2.68. The number of anilines is 1. The van der Waals surface area contributed by atoms with Crippen LogP contribution in [0.4, 0.5) is 5.69 Å². The number of nitrogens with zero attached hydrogens (tertiary/aromatic N) is 2. The van der Waals surface area contributed by atoms with E-state index in [4.69, 9.17) is 5.73 Å². The molecule has 0 atom stereocenters. The highest BCUT2D eigenvalue weighted by Crippen LogP contribution is 2.17. The van der Waals surface area contributed by atoms with Crippen LogP contribution < -0.4 is 11.1 Å². The molecule has 0 aliphatic rings. The van der Waals surface area contributed by atoms with Crippen LogP contribution in [0.15, 0.2) is 54.9 Å². The number of carbonyl (C=O) groups excluding carboxylic acids is 2. The van der Waals surface area contributed by atoms with Crippen molar-refractivity contribution in [3.05, 3.63) is 66.0 Å². The predicted molar refractivity (Wildman–Crippen MR) is 82.5 cm³/mol. The molecule has 0 spiro atoms. The van der Waals surface area contributed by atoms with Crippen LogP contribution in [0.5, 0.6) is 0 Å². The van der Waals surface area contributed by atoms with Crippen LogP contribution in [-0.2, 0) is 0 Å². The van der Waals surface area contributed by atoms with Crippen molar-refractivity contribution in [2.75, 3.05) is 5.32 Å². The van der Waals surface area contributed by atoms with Crippen molar-refractivity contribution in [1.82, 2.24) is 9.97 Å². The van der Waals surface area contributed by atoms with E-state index >= 15 is 0 Å². The minimum Gasteiger partial charge on any atom is -0.366 e. The van der Waals surface area contributed by atoms with E-state index in [2.05, 4.69) is 15.3 Å². The summed E-state index contributed by atoms with van der Waals surface area (Å²) in [6, 6.07) is 11.6. The highest BCUT2D eigenvalue weighted by Gasteiger charge is 2.12. The Bertz CT molecular complexity index is 877. The normalized spacial score (nSPS) is 10.4. The number of carbonyl (C=O) groups is 2. The third-order valence-corrected chi connectivity index (χ3v) is 3.17. The summed E-state index contributed by atoms with van der Waals surface area (Å²) in [6.45, 7) is 0. The van der Waals surface area contributed by atoms with Gasteiger partial charge in [0.05, 0.1) is 22.3 Å². The molecule has 0 aliphatic heterocycles. The summed E-state index contributed by atoms with van der Waals surface area (Å²) >= 11 is 0. The van der Waals surface area contributed by atoms with E-state index in [-0.39, 0.29) is 11.5 Å². The molecule has 2 aromatic carbocycles. The molecule has 6 nitrogen and oxygen atoms in total. The van der Waals surface area contributed by atoms with Crippen LogP contribution in [-0.4, -0.2) is 21.8 Å². The topological polar surface area (TPSA) is 98.0 Å².